The number of benzene rings is 1. The molecule has 2 N–H and O–H groups in total. The summed E-state index contributed by atoms with van der Waals surface area (Å²) in [5.41, 5.74) is -0.494. The standard InChI is InChI=1S/C26H32ClN3O4/c1-2-3-15-30-22(24(32)29-17-7-5-4-6-8-17)26-14-13-19(34-26)20(21(26)25(30)33)23(31)28-18-11-9-16(27)10-12-18/h9-14,17,19-22H,2-8,15H2,1H3,(H,28,31)(H,29,32)/t19-,20-,21-,22+,26+/m1/s1. The number of rotatable bonds is 7. The maximum atomic E-state index is 13.7. The molecule has 5 rings (SSSR count). The third kappa shape index (κ3) is 3.93. The zero-order valence-electron chi connectivity index (χ0n) is 19.5. The Labute approximate surface area is 205 Å². The number of anilines is 1. The first-order chi connectivity index (χ1) is 16.4. The SMILES string of the molecule is CCCCN1C(=O)[C@H]2[C@H](C(=O)Nc3ccc(Cl)cc3)[C@H]3C=C[C@@]2(O3)[C@@H]1C(=O)NC1CCCCC1. The van der Waals surface area contributed by atoms with Crippen LogP contribution in [0.2, 0.25) is 5.02 Å². The molecule has 3 aliphatic heterocycles. The predicted octanol–water partition coefficient (Wildman–Crippen LogP) is 3.68. The van der Waals surface area contributed by atoms with Gasteiger partial charge in [0.2, 0.25) is 17.7 Å². The van der Waals surface area contributed by atoms with E-state index < -0.39 is 29.6 Å². The van der Waals surface area contributed by atoms with E-state index in [1.54, 1.807) is 29.2 Å². The molecule has 3 amide bonds. The van der Waals surface area contributed by atoms with Crippen LogP contribution in [0.5, 0.6) is 0 Å². The normalized spacial score (nSPS) is 32.2. The smallest absolute Gasteiger partial charge is 0.246 e. The number of fused-ring (bicyclic) bond motifs is 1. The number of hydrogen-bond donors (Lipinski definition) is 2. The van der Waals surface area contributed by atoms with E-state index in [9.17, 15) is 14.4 Å². The first kappa shape index (κ1) is 23.4. The highest BCUT2D eigenvalue weighted by Gasteiger charge is 2.72. The number of carbonyl (C=O) groups is 3. The summed E-state index contributed by atoms with van der Waals surface area (Å²) in [7, 11) is 0. The Morgan fingerprint density at radius 1 is 1.15 bits per heavy atom. The van der Waals surface area contributed by atoms with E-state index in [4.69, 9.17) is 16.3 Å². The van der Waals surface area contributed by atoms with Crippen molar-refractivity contribution < 1.29 is 19.1 Å². The van der Waals surface area contributed by atoms with Crippen molar-refractivity contribution in [1.82, 2.24) is 10.2 Å². The van der Waals surface area contributed by atoms with E-state index >= 15 is 0 Å². The molecule has 1 spiro atoms. The van der Waals surface area contributed by atoms with Gasteiger partial charge in [-0.15, -0.1) is 0 Å². The average Bonchev–Trinajstić information content (AvgIpc) is 3.47. The minimum atomic E-state index is -1.10. The van der Waals surface area contributed by atoms with Crippen molar-refractivity contribution in [2.75, 3.05) is 11.9 Å². The number of likely N-dealkylation sites (tertiary alicyclic amines) is 1. The third-order valence-electron chi connectivity index (χ3n) is 7.74. The molecular weight excluding hydrogens is 454 g/mol. The second-order valence-electron chi connectivity index (χ2n) is 9.93. The first-order valence-electron chi connectivity index (χ1n) is 12.5. The van der Waals surface area contributed by atoms with E-state index in [1.165, 1.54) is 6.42 Å². The fourth-order valence-corrected chi connectivity index (χ4v) is 6.25. The fourth-order valence-electron chi connectivity index (χ4n) is 6.12. The number of hydrogen-bond acceptors (Lipinski definition) is 4. The van der Waals surface area contributed by atoms with Crippen LogP contribution in [-0.2, 0) is 19.1 Å². The van der Waals surface area contributed by atoms with E-state index in [2.05, 4.69) is 17.6 Å². The van der Waals surface area contributed by atoms with Crippen LogP contribution in [0.15, 0.2) is 36.4 Å². The average molecular weight is 486 g/mol. The molecule has 3 heterocycles. The van der Waals surface area contributed by atoms with Crippen LogP contribution in [0.3, 0.4) is 0 Å². The molecule has 0 aromatic heterocycles. The summed E-state index contributed by atoms with van der Waals surface area (Å²) >= 11 is 5.96. The fraction of sp³-hybridized carbons (Fsp3) is 0.577. The highest BCUT2D eigenvalue weighted by molar-refractivity contribution is 6.30. The maximum absolute atomic E-state index is 13.7. The lowest BCUT2D eigenvalue weighted by atomic mass is 9.74. The summed E-state index contributed by atoms with van der Waals surface area (Å²) in [6, 6.07) is 6.23. The molecule has 1 aromatic rings. The minimum absolute atomic E-state index is 0.131. The lowest BCUT2D eigenvalue weighted by Gasteiger charge is -2.34. The molecule has 1 aromatic carbocycles. The van der Waals surface area contributed by atoms with Crippen molar-refractivity contribution in [3.8, 4) is 0 Å². The van der Waals surface area contributed by atoms with E-state index in [0.717, 1.165) is 38.5 Å². The molecule has 1 aliphatic carbocycles. The van der Waals surface area contributed by atoms with Gasteiger partial charge < -0.3 is 20.3 Å². The number of halogens is 1. The Balaban J connectivity index is 1.42. The molecule has 7 nitrogen and oxygen atoms in total. The van der Waals surface area contributed by atoms with Crippen LogP contribution < -0.4 is 10.6 Å². The van der Waals surface area contributed by atoms with E-state index in [1.807, 2.05) is 12.2 Å². The van der Waals surface area contributed by atoms with Gasteiger partial charge in [0.25, 0.3) is 0 Å². The largest absolute Gasteiger partial charge is 0.359 e. The number of nitrogens with zero attached hydrogens (tertiary/aromatic N) is 1. The summed E-state index contributed by atoms with van der Waals surface area (Å²) in [6.45, 7) is 2.53. The highest BCUT2D eigenvalue weighted by Crippen LogP contribution is 2.55. The molecule has 0 radical (unpaired) electrons. The molecule has 182 valence electrons. The summed E-state index contributed by atoms with van der Waals surface area (Å²) < 4.78 is 6.36. The van der Waals surface area contributed by atoms with Gasteiger partial charge in [-0.25, -0.2) is 0 Å². The zero-order valence-corrected chi connectivity index (χ0v) is 20.2. The number of nitrogens with one attached hydrogen (secondary N) is 2. The molecule has 5 atom stereocenters. The second-order valence-corrected chi connectivity index (χ2v) is 10.4. The van der Waals surface area contributed by atoms with Gasteiger partial charge in [0.05, 0.1) is 17.9 Å². The second kappa shape index (κ2) is 9.34. The van der Waals surface area contributed by atoms with Gasteiger partial charge in [-0.1, -0.05) is 56.4 Å². The van der Waals surface area contributed by atoms with Gasteiger partial charge in [-0.3, -0.25) is 14.4 Å². The number of amides is 3. The van der Waals surface area contributed by atoms with Crippen LogP contribution in [0.4, 0.5) is 5.69 Å². The minimum Gasteiger partial charge on any atom is -0.359 e. The molecular formula is C26H32ClN3O4. The predicted molar refractivity (Wildman–Crippen MR) is 129 cm³/mol. The lowest BCUT2D eigenvalue weighted by molar-refractivity contribution is -0.141. The van der Waals surface area contributed by atoms with Gasteiger partial charge in [-0.2, -0.15) is 0 Å². The Bertz CT molecular complexity index is 990. The van der Waals surface area contributed by atoms with Crippen molar-refractivity contribution in [3.63, 3.8) is 0 Å². The lowest BCUT2D eigenvalue weighted by Crippen LogP contribution is -2.56. The zero-order chi connectivity index (χ0) is 23.9. The van der Waals surface area contributed by atoms with Crippen LogP contribution in [0.25, 0.3) is 0 Å². The van der Waals surface area contributed by atoms with Crippen molar-refractivity contribution in [2.45, 2.75) is 75.7 Å². The van der Waals surface area contributed by atoms with Gasteiger partial charge in [0, 0.05) is 23.3 Å². The van der Waals surface area contributed by atoms with Crippen molar-refractivity contribution >= 4 is 35.0 Å². The Morgan fingerprint density at radius 3 is 2.59 bits per heavy atom. The van der Waals surface area contributed by atoms with Crippen molar-refractivity contribution in [1.29, 1.82) is 0 Å². The van der Waals surface area contributed by atoms with E-state index in [-0.39, 0.29) is 23.8 Å². The van der Waals surface area contributed by atoms with Gasteiger partial charge in [0.15, 0.2) is 0 Å². The molecule has 1 saturated carbocycles. The van der Waals surface area contributed by atoms with Gasteiger partial charge in [-0.05, 0) is 43.5 Å². The number of ether oxygens (including phenoxy) is 1. The molecule has 8 heteroatoms. The number of unbranched alkanes of at least 4 members (excludes halogenated alkanes) is 1. The first-order valence-corrected chi connectivity index (χ1v) is 12.9. The summed E-state index contributed by atoms with van der Waals surface area (Å²) in [5.74, 6) is -2.01. The third-order valence-corrected chi connectivity index (χ3v) is 7.99. The molecule has 4 aliphatic rings. The number of carbonyl (C=O) groups excluding carboxylic acids is 3. The summed E-state index contributed by atoms with van der Waals surface area (Å²) in [4.78, 5) is 42.4. The van der Waals surface area contributed by atoms with Crippen LogP contribution in [0, 0.1) is 11.8 Å². The van der Waals surface area contributed by atoms with Crippen molar-refractivity contribution in [2.24, 2.45) is 11.8 Å². The van der Waals surface area contributed by atoms with Crippen molar-refractivity contribution in [3.05, 3.63) is 41.4 Å². The van der Waals surface area contributed by atoms with Crippen LogP contribution in [-0.4, -0.2) is 53.0 Å². The Kier molecular flexibility index (Phi) is 6.42. The van der Waals surface area contributed by atoms with Gasteiger partial charge in [0.1, 0.15) is 11.6 Å². The monoisotopic (exact) mass is 485 g/mol. The Morgan fingerprint density at radius 2 is 1.88 bits per heavy atom. The molecule has 2 saturated heterocycles. The summed E-state index contributed by atoms with van der Waals surface area (Å²) in [6.07, 6.45) is 10.2. The van der Waals surface area contributed by atoms with E-state index in [0.29, 0.717) is 17.3 Å². The molecule has 0 unspecified atom stereocenters. The summed E-state index contributed by atoms with van der Waals surface area (Å²) in [5, 5.41) is 6.69. The maximum Gasteiger partial charge on any atom is 0.246 e. The molecule has 34 heavy (non-hydrogen) atoms. The van der Waals surface area contributed by atoms with Crippen LogP contribution >= 0.6 is 11.6 Å². The Hall–Kier alpha value is -2.38. The van der Waals surface area contributed by atoms with Gasteiger partial charge >= 0.3 is 0 Å². The molecule has 2 bridgehead atoms. The topological polar surface area (TPSA) is 87.7 Å². The molecule has 3 fully saturated rings. The highest BCUT2D eigenvalue weighted by atomic mass is 35.5. The quantitative estimate of drug-likeness (QED) is 0.577. The van der Waals surface area contributed by atoms with Crippen LogP contribution in [0.1, 0.15) is 51.9 Å².